The van der Waals surface area contributed by atoms with Crippen LogP contribution in [0.4, 0.5) is 11.4 Å². The molecule has 0 bridgehead atoms. The van der Waals surface area contributed by atoms with Crippen molar-refractivity contribution in [3.8, 4) is 0 Å². The van der Waals surface area contributed by atoms with Crippen molar-refractivity contribution in [3.63, 3.8) is 0 Å². The highest BCUT2D eigenvalue weighted by molar-refractivity contribution is 8.00. The van der Waals surface area contributed by atoms with E-state index in [1.807, 2.05) is 40.9 Å². The first kappa shape index (κ1) is 25.4. The maximum Gasteiger partial charge on any atom is 0.311 e. The minimum atomic E-state index is -0.380. The number of hydrogen-bond acceptors (Lipinski definition) is 7. The number of esters is 1. The normalized spacial score (nSPS) is 15.1. The summed E-state index contributed by atoms with van der Waals surface area (Å²) in [6.07, 6.45) is 1.60. The van der Waals surface area contributed by atoms with E-state index in [1.165, 1.54) is 22.6 Å². The summed E-state index contributed by atoms with van der Waals surface area (Å²) >= 11 is 3.32. The van der Waals surface area contributed by atoms with Crippen LogP contribution in [0.15, 0.2) is 58.3 Å². The summed E-state index contributed by atoms with van der Waals surface area (Å²) in [7, 11) is 5.56. The van der Waals surface area contributed by atoms with E-state index in [0.29, 0.717) is 0 Å². The van der Waals surface area contributed by atoms with Crippen LogP contribution in [0.5, 0.6) is 0 Å². The van der Waals surface area contributed by atoms with Crippen molar-refractivity contribution in [2.45, 2.75) is 43.4 Å². The van der Waals surface area contributed by atoms with Crippen LogP contribution in [0.3, 0.4) is 0 Å². The summed E-state index contributed by atoms with van der Waals surface area (Å²) in [5.41, 5.74) is 1.88. The maximum atomic E-state index is 12.1. The number of benzene rings is 2. The number of anilines is 2. The zero-order valence-electron chi connectivity index (χ0n) is 19.5. The number of nitrogens with zero attached hydrogens (tertiary/aromatic N) is 2. The Bertz CT molecular complexity index is 820. The number of nitrogens with one attached hydrogen (secondary N) is 1. The van der Waals surface area contributed by atoms with Crippen molar-refractivity contribution < 1.29 is 9.53 Å². The molecule has 0 radical (unpaired) electrons. The standard InChI is InChI=1S/C22H29N3O2S2.C2H6/c1-22(21(26)27-4)13-15-25(16-14-22)20-8-6-5-7-19(20)23-28-17-9-11-18(12-10-17)29-24(2)3;1-2/h5-12,23H,13-16H2,1-4H3;1-2H3. The predicted molar refractivity (Wildman–Crippen MR) is 135 cm³/mol. The van der Waals surface area contributed by atoms with Crippen LogP contribution in [0.2, 0.25) is 0 Å². The Kier molecular flexibility index (Phi) is 10.1. The van der Waals surface area contributed by atoms with Crippen molar-refractivity contribution in [1.29, 1.82) is 0 Å². The molecule has 0 spiro atoms. The van der Waals surface area contributed by atoms with Crippen molar-refractivity contribution in [2.75, 3.05) is 43.9 Å². The van der Waals surface area contributed by atoms with Gasteiger partial charge in [-0.15, -0.1) is 0 Å². The minimum Gasteiger partial charge on any atom is -0.469 e. The van der Waals surface area contributed by atoms with E-state index >= 15 is 0 Å². The Balaban J connectivity index is 0.00000166. The van der Waals surface area contributed by atoms with Crippen molar-refractivity contribution in [3.05, 3.63) is 48.5 Å². The van der Waals surface area contributed by atoms with Crippen molar-refractivity contribution in [1.82, 2.24) is 4.31 Å². The lowest BCUT2D eigenvalue weighted by Gasteiger charge is -2.39. The Labute approximate surface area is 196 Å². The van der Waals surface area contributed by atoms with Gasteiger partial charge in [0.1, 0.15) is 0 Å². The maximum absolute atomic E-state index is 12.1. The fraction of sp³-hybridized carbons (Fsp3) is 0.458. The first-order valence-corrected chi connectivity index (χ1v) is 12.3. The molecule has 0 aliphatic carbocycles. The monoisotopic (exact) mass is 461 g/mol. The summed E-state index contributed by atoms with van der Waals surface area (Å²) in [4.78, 5) is 16.8. The highest BCUT2D eigenvalue weighted by Gasteiger charge is 2.38. The van der Waals surface area contributed by atoms with Gasteiger partial charge in [-0.2, -0.15) is 0 Å². The molecular weight excluding hydrogens is 426 g/mol. The van der Waals surface area contributed by atoms with Crippen LogP contribution in [0.25, 0.3) is 0 Å². The third kappa shape index (κ3) is 7.09. The number of piperidine rings is 1. The van der Waals surface area contributed by atoms with E-state index in [2.05, 4.69) is 56.4 Å². The SMILES string of the molecule is CC.COC(=O)C1(C)CCN(c2ccccc2NSc2ccc(SN(C)C)cc2)CC1. The van der Waals surface area contributed by atoms with Crippen molar-refractivity contribution >= 4 is 41.2 Å². The van der Waals surface area contributed by atoms with Gasteiger partial charge in [0.05, 0.1) is 23.9 Å². The number of ether oxygens (including phenoxy) is 1. The molecule has 31 heavy (non-hydrogen) atoms. The Hall–Kier alpha value is -1.83. The molecule has 7 heteroatoms. The molecule has 0 saturated carbocycles. The van der Waals surface area contributed by atoms with Crippen LogP contribution < -0.4 is 9.62 Å². The van der Waals surface area contributed by atoms with E-state index < -0.39 is 0 Å². The lowest BCUT2D eigenvalue weighted by molar-refractivity contribution is -0.152. The number of carbonyl (C=O) groups is 1. The van der Waals surface area contributed by atoms with Crippen molar-refractivity contribution in [2.24, 2.45) is 5.41 Å². The molecule has 1 heterocycles. The smallest absolute Gasteiger partial charge is 0.311 e. The van der Waals surface area contributed by atoms with Crippen LogP contribution in [-0.4, -0.2) is 44.6 Å². The molecule has 3 rings (SSSR count). The third-order valence-corrected chi connectivity index (χ3v) is 6.86. The number of hydrogen-bond donors (Lipinski definition) is 1. The average Bonchev–Trinajstić information content (AvgIpc) is 2.80. The zero-order valence-corrected chi connectivity index (χ0v) is 21.1. The number of para-hydroxylation sites is 2. The van der Waals surface area contributed by atoms with E-state index in [-0.39, 0.29) is 11.4 Å². The van der Waals surface area contributed by atoms with E-state index in [4.69, 9.17) is 4.74 Å². The summed E-state index contributed by atoms with van der Waals surface area (Å²) in [5, 5.41) is 0. The second-order valence-electron chi connectivity index (χ2n) is 7.64. The van der Waals surface area contributed by atoms with Gasteiger partial charge in [0.2, 0.25) is 0 Å². The van der Waals surface area contributed by atoms with Crippen LogP contribution in [0, 0.1) is 5.41 Å². The van der Waals surface area contributed by atoms with Gasteiger partial charge in [0.15, 0.2) is 0 Å². The van der Waals surface area contributed by atoms with Gasteiger partial charge in [-0.25, -0.2) is 0 Å². The lowest BCUT2D eigenvalue weighted by atomic mass is 9.80. The van der Waals surface area contributed by atoms with E-state index in [0.717, 1.165) is 31.6 Å². The third-order valence-electron chi connectivity index (χ3n) is 5.18. The second kappa shape index (κ2) is 12.3. The topological polar surface area (TPSA) is 44.8 Å². The molecule has 0 aromatic heterocycles. The predicted octanol–water partition coefficient (Wildman–Crippen LogP) is 6.18. The van der Waals surface area contributed by atoms with Gasteiger partial charge in [-0.1, -0.05) is 26.0 Å². The molecule has 170 valence electrons. The van der Waals surface area contributed by atoms with Crippen LogP contribution in [-0.2, 0) is 9.53 Å². The van der Waals surface area contributed by atoms with E-state index in [1.54, 1.807) is 23.9 Å². The molecule has 2 aromatic rings. The van der Waals surface area contributed by atoms with Gasteiger partial charge in [-0.05, 0) is 94.2 Å². The van der Waals surface area contributed by atoms with Gasteiger partial charge >= 0.3 is 5.97 Å². The Morgan fingerprint density at radius 1 is 1.03 bits per heavy atom. The van der Waals surface area contributed by atoms with Gasteiger partial charge < -0.3 is 14.4 Å². The zero-order chi connectivity index (χ0) is 22.9. The second-order valence-corrected chi connectivity index (χ2v) is 9.90. The summed E-state index contributed by atoms with van der Waals surface area (Å²) in [5.74, 6) is -0.102. The Morgan fingerprint density at radius 2 is 1.61 bits per heavy atom. The van der Waals surface area contributed by atoms with Gasteiger partial charge in [0, 0.05) is 22.9 Å². The summed E-state index contributed by atoms with van der Waals surface area (Å²) in [6.45, 7) is 7.69. The molecule has 1 saturated heterocycles. The number of rotatable bonds is 7. The molecule has 0 unspecified atom stereocenters. The van der Waals surface area contributed by atoms with Gasteiger partial charge in [0.25, 0.3) is 0 Å². The molecule has 1 aliphatic heterocycles. The highest BCUT2D eigenvalue weighted by atomic mass is 32.2. The highest BCUT2D eigenvalue weighted by Crippen LogP contribution is 2.37. The van der Waals surface area contributed by atoms with E-state index in [9.17, 15) is 4.79 Å². The molecule has 2 aromatic carbocycles. The molecule has 1 N–H and O–H groups in total. The number of methoxy groups -OCH3 is 1. The fourth-order valence-electron chi connectivity index (χ4n) is 3.42. The van der Waals surface area contributed by atoms with Crippen LogP contribution >= 0.6 is 23.9 Å². The molecule has 0 amide bonds. The quantitative estimate of drug-likeness (QED) is 0.390. The summed E-state index contributed by atoms with van der Waals surface area (Å²) < 4.78 is 10.6. The summed E-state index contributed by atoms with van der Waals surface area (Å²) in [6, 6.07) is 16.9. The molecular formula is C24H35N3O2S2. The number of carbonyl (C=O) groups excluding carboxylic acids is 1. The average molecular weight is 462 g/mol. The van der Waals surface area contributed by atoms with Crippen LogP contribution in [0.1, 0.15) is 33.6 Å². The van der Waals surface area contributed by atoms with Gasteiger partial charge in [-0.3, -0.25) is 9.10 Å². The molecule has 5 nitrogen and oxygen atoms in total. The molecule has 1 fully saturated rings. The molecule has 1 aliphatic rings. The minimum absolute atomic E-state index is 0.102. The molecule has 0 atom stereocenters. The first-order chi connectivity index (χ1) is 14.9. The Morgan fingerprint density at radius 3 is 2.19 bits per heavy atom. The fourth-order valence-corrected chi connectivity index (χ4v) is 4.77. The largest absolute Gasteiger partial charge is 0.469 e. The first-order valence-electron chi connectivity index (χ1n) is 10.7. The lowest BCUT2D eigenvalue weighted by Crippen LogP contribution is -2.43.